The van der Waals surface area contributed by atoms with Crippen molar-refractivity contribution in [2.24, 2.45) is 0 Å². The molecule has 1 heterocycles. The number of ether oxygens (including phenoxy) is 1. The van der Waals surface area contributed by atoms with Crippen molar-refractivity contribution in [3.8, 4) is 0 Å². The van der Waals surface area contributed by atoms with Gasteiger partial charge in [-0.25, -0.2) is 4.98 Å². The Morgan fingerprint density at radius 2 is 1.85 bits per heavy atom. The van der Waals surface area contributed by atoms with Gasteiger partial charge in [-0.05, 0) is 35.9 Å². The second-order valence-corrected chi connectivity index (χ2v) is 8.84. The van der Waals surface area contributed by atoms with Gasteiger partial charge in [0.05, 0.1) is 39.9 Å². The molecule has 1 unspecified atom stereocenters. The molecule has 8 heteroatoms. The van der Waals surface area contributed by atoms with Crippen molar-refractivity contribution in [2.45, 2.75) is 23.3 Å². The van der Waals surface area contributed by atoms with Gasteiger partial charge >= 0.3 is 0 Å². The third-order valence-electron chi connectivity index (χ3n) is 3.72. The van der Waals surface area contributed by atoms with Gasteiger partial charge in [-0.1, -0.05) is 52.5 Å². The summed E-state index contributed by atoms with van der Waals surface area (Å²) in [6.45, 7) is 1.72. The van der Waals surface area contributed by atoms with Crippen LogP contribution in [-0.4, -0.2) is 21.4 Å². The molecule has 0 aliphatic rings. The first kappa shape index (κ1) is 20.8. The molecule has 0 saturated carbocycles. The molecule has 2 aromatic carbocycles. The van der Waals surface area contributed by atoms with Crippen LogP contribution >= 0.6 is 58.2 Å². The minimum atomic E-state index is 0.139. The van der Waals surface area contributed by atoms with Crippen molar-refractivity contribution in [2.75, 3.05) is 6.61 Å². The molecule has 3 aromatic rings. The molecule has 27 heavy (non-hydrogen) atoms. The van der Waals surface area contributed by atoms with Crippen molar-refractivity contribution in [3.63, 3.8) is 0 Å². The number of nitrogens with zero attached hydrogens (tertiary/aromatic N) is 2. The maximum atomic E-state index is 6.33. The fourth-order valence-electron chi connectivity index (χ4n) is 2.44. The van der Waals surface area contributed by atoms with Gasteiger partial charge < -0.3 is 9.30 Å². The number of aromatic nitrogens is 2. The highest BCUT2D eigenvalue weighted by atomic mass is 35.5. The van der Waals surface area contributed by atoms with E-state index in [-0.39, 0.29) is 5.25 Å². The summed E-state index contributed by atoms with van der Waals surface area (Å²) in [6.07, 6.45) is 5.47. The van der Waals surface area contributed by atoms with Crippen LogP contribution in [0.4, 0.5) is 0 Å². The predicted octanol–water partition coefficient (Wildman–Crippen LogP) is 6.87. The maximum absolute atomic E-state index is 6.33. The van der Waals surface area contributed by atoms with E-state index in [1.807, 2.05) is 35.0 Å². The average molecular weight is 462 g/mol. The molecule has 1 aromatic heterocycles. The molecule has 0 bridgehead atoms. The lowest BCUT2D eigenvalue weighted by Crippen LogP contribution is -2.18. The Labute approximate surface area is 182 Å². The Hall–Kier alpha value is -0.880. The Morgan fingerprint density at radius 1 is 1.00 bits per heavy atom. The van der Waals surface area contributed by atoms with Crippen molar-refractivity contribution in [1.29, 1.82) is 0 Å². The van der Waals surface area contributed by atoms with Gasteiger partial charge in [0.15, 0.2) is 0 Å². The molecule has 0 N–H and O–H groups in total. The molecular formula is C19H16Cl4N2OS. The van der Waals surface area contributed by atoms with E-state index in [0.29, 0.717) is 33.3 Å². The molecule has 0 aliphatic carbocycles. The van der Waals surface area contributed by atoms with Crippen LogP contribution in [0.15, 0.2) is 60.0 Å². The van der Waals surface area contributed by atoms with Crippen LogP contribution in [0.3, 0.4) is 0 Å². The van der Waals surface area contributed by atoms with E-state index in [9.17, 15) is 0 Å². The normalized spacial score (nSPS) is 12.3. The van der Waals surface area contributed by atoms with E-state index in [4.69, 9.17) is 51.1 Å². The van der Waals surface area contributed by atoms with Crippen molar-refractivity contribution >= 4 is 58.2 Å². The minimum absolute atomic E-state index is 0.139. The molecule has 3 rings (SSSR count). The molecule has 0 saturated heterocycles. The smallest absolute Gasteiger partial charge is 0.0946 e. The monoisotopic (exact) mass is 460 g/mol. The summed E-state index contributed by atoms with van der Waals surface area (Å²) in [6, 6.07) is 11.0. The van der Waals surface area contributed by atoms with Gasteiger partial charge in [-0.2, -0.15) is 0 Å². The summed E-state index contributed by atoms with van der Waals surface area (Å²) in [7, 11) is 0. The second kappa shape index (κ2) is 10.1. The minimum Gasteiger partial charge on any atom is -0.376 e. The van der Waals surface area contributed by atoms with Crippen molar-refractivity contribution in [3.05, 3.63) is 80.8 Å². The lowest BCUT2D eigenvalue weighted by Gasteiger charge is -2.18. The largest absolute Gasteiger partial charge is 0.376 e. The fraction of sp³-hybridized carbons (Fsp3) is 0.211. The molecular weight excluding hydrogens is 446 g/mol. The lowest BCUT2D eigenvalue weighted by atomic mass is 10.2. The first-order chi connectivity index (χ1) is 13.0. The van der Waals surface area contributed by atoms with Gasteiger partial charge in [-0.15, -0.1) is 11.8 Å². The molecule has 1 atom stereocenters. The number of thioether (sulfide) groups is 1. The molecule has 142 valence electrons. The van der Waals surface area contributed by atoms with E-state index in [1.54, 1.807) is 36.4 Å². The standard InChI is InChI=1S/C19H16Cl4N2OS/c20-14-2-4-19(18(23)8-14)27-15(9-25-6-5-24-12-25)11-26-10-13-1-3-16(21)17(22)7-13/h1-8,12,15H,9-11H2. The number of hydrogen-bond acceptors (Lipinski definition) is 3. The van der Waals surface area contributed by atoms with Crippen molar-refractivity contribution in [1.82, 2.24) is 9.55 Å². The number of benzene rings is 2. The average Bonchev–Trinajstić information content (AvgIpc) is 3.13. The van der Waals surface area contributed by atoms with E-state index in [1.165, 1.54) is 0 Å². The summed E-state index contributed by atoms with van der Waals surface area (Å²) in [5.74, 6) is 0. The van der Waals surface area contributed by atoms with E-state index >= 15 is 0 Å². The summed E-state index contributed by atoms with van der Waals surface area (Å²) in [5, 5.41) is 2.45. The Bertz CT molecular complexity index is 889. The van der Waals surface area contributed by atoms with Crippen molar-refractivity contribution < 1.29 is 4.74 Å². The summed E-state index contributed by atoms with van der Waals surface area (Å²) < 4.78 is 7.95. The SMILES string of the molecule is Clc1ccc(SC(COCc2ccc(Cl)c(Cl)c2)Cn2ccnc2)c(Cl)c1. The van der Waals surface area contributed by atoms with E-state index in [0.717, 1.165) is 17.0 Å². The highest BCUT2D eigenvalue weighted by molar-refractivity contribution is 8.00. The Kier molecular flexibility index (Phi) is 7.76. The summed E-state index contributed by atoms with van der Waals surface area (Å²) in [4.78, 5) is 5.06. The zero-order chi connectivity index (χ0) is 19.2. The fourth-order valence-corrected chi connectivity index (χ4v) is 4.39. The number of rotatable bonds is 8. The van der Waals surface area contributed by atoms with Gasteiger partial charge in [-0.3, -0.25) is 0 Å². The van der Waals surface area contributed by atoms with Gasteiger partial charge in [0.25, 0.3) is 0 Å². The Balaban J connectivity index is 1.65. The highest BCUT2D eigenvalue weighted by Crippen LogP contribution is 2.33. The van der Waals surface area contributed by atoms with Crippen LogP contribution < -0.4 is 0 Å². The predicted molar refractivity (Wildman–Crippen MR) is 114 cm³/mol. The second-order valence-electron chi connectivity index (χ2n) is 5.84. The van der Waals surface area contributed by atoms with Crippen LogP contribution in [0.1, 0.15) is 5.56 Å². The van der Waals surface area contributed by atoms with Gasteiger partial charge in [0.1, 0.15) is 0 Å². The quantitative estimate of drug-likeness (QED) is 0.342. The zero-order valence-electron chi connectivity index (χ0n) is 14.1. The zero-order valence-corrected chi connectivity index (χ0v) is 18.0. The van der Waals surface area contributed by atoms with Crippen LogP contribution in [0.2, 0.25) is 20.1 Å². The molecule has 0 aliphatic heterocycles. The van der Waals surface area contributed by atoms with Crippen LogP contribution in [0.5, 0.6) is 0 Å². The van der Waals surface area contributed by atoms with Crippen LogP contribution in [0, 0.1) is 0 Å². The molecule has 3 nitrogen and oxygen atoms in total. The molecule has 0 amide bonds. The van der Waals surface area contributed by atoms with E-state index in [2.05, 4.69) is 4.98 Å². The third-order valence-corrected chi connectivity index (χ3v) is 6.34. The third kappa shape index (κ3) is 6.31. The number of halogens is 4. The maximum Gasteiger partial charge on any atom is 0.0946 e. The number of hydrogen-bond donors (Lipinski definition) is 0. The van der Waals surface area contributed by atoms with Gasteiger partial charge in [0, 0.05) is 28.9 Å². The topological polar surface area (TPSA) is 27.1 Å². The number of imidazole rings is 1. The molecule has 0 radical (unpaired) electrons. The molecule has 0 fully saturated rings. The van der Waals surface area contributed by atoms with Gasteiger partial charge in [0.2, 0.25) is 0 Å². The summed E-state index contributed by atoms with van der Waals surface area (Å²) >= 11 is 26.0. The Morgan fingerprint density at radius 3 is 2.56 bits per heavy atom. The van der Waals surface area contributed by atoms with Crippen LogP contribution in [-0.2, 0) is 17.9 Å². The van der Waals surface area contributed by atoms with Crippen LogP contribution in [0.25, 0.3) is 0 Å². The first-order valence-electron chi connectivity index (χ1n) is 8.10. The van der Waals surface area contributed by atoms with E-state index < -0.39 is 0 Å². The highest BCUT2D eigenvalue weighted by Gasteiger charge is 2.15. The summed E-state index contributed by atoms with van der Waals surface area (Å²) in [5.41, 5.74) is 0.973. The molecule has 0 spiro atoms. The lowest BCUT2D eigenvalue weighted by molar-refractivity contribution is 0.119. The first-order valence-corrected chi connectivity index (χ1v) is 10.5.